The third-order valence-electron chi connectivity index (χ3n) is 3.40. The van der Waals surface area contributed by atoms with Crippen LogP contribution in [0.1, 0.15) is 32.1 Å². The first-order chi connectivity index (χ1) is 6.85. The van der Waals surface area contributed by atoms with E-state index >= 15 is 0 Å². The molecule has 1 saturated heterocycles. The molecule has 3 nitrogen and oxygen atoms in total. The summed E-state index contributed by atoms with van der Waals surface area (Å²) in [4.78, 5) is 0. The van der Waals surface area contributed by atoms with E-state index in [1.807, 2.05) is 7.05 Å². The van der Waals surface area contributed by atoms with Crippen LogP contribution in [-0.4, -0.2) is 38.5 Å². The monoisotopic (exact) mass is 199 g/mol. The SMILES string of the molecule is CNCCC1(OC2CCOC2)CCC1. The number of nitrogens with one attached hydrogen (secondary N) is 1. The smallest absolute Gasteiger partial charge is 0.0837 e. The molecule has 1 unspecified atom stereocenters. The molecule has 1 heterocycles. The predicted molar refractivity (Wildman–Crippen MR) is 55.4 cm³/mol. The number of rotatable bonds is 5. The highest BCUT2D eigenvalue weighted by molar-refractivity contribution is 4.91. The molecule has 1 atom stereocenters. The van der Waals surface area contributed by atoms with Gasteiger partial charge < -0.3 is 14.8 Å². The first kappa shape index (κ1) is 10.4. The molecular weight excluding hydrogens is 178 g/mol. The molecule has 2 rings (SSSR count). The lowest BCUT2D eigenvalue weighted by atomic mass is 9.77. The zero-order chi connectivity index (χ0) is 9.86. The van der Waals surface area contributed by atoms with Crippen molar-refractivity contribution in [3.05, 3.63) is 0 Å². The second kappa shape index (κ2) is 4.60. The third kappa shape index (κ3) is 2.27. The van der Waals surface area contributed by atoms with Gasteiger partial charge in [-0.15, -0.1) is 0 Å². The van der Waals surface area contributed by atoms with E-state index in [9.17, 15) is 0 Å². The van der Waals surface area contributed by atoms with E-state index in [2.05, 4.69) is 5.32 Å². The van der Waals surface area contributed by atoms with E-state index in [1.54, 1.807) is 0 Å². The highest BCUT2D eigenvalue weighted by Gasteiger charge is 2.40. The molecule has 82 valence electrons. The van der Waals surface area contributed by atoms with Crippen LogP contribution in [0.2, 0.25) is 0 Å². The maximum Gasteiger partial charge on any atom is 0.0837 e. The van der Waals surface area contributed by atoms with Crippen LogP contribution < -0.4 is 5.32 Å². The summed E-state index contributed by atoms with van der Waals surface area (Å²) in [5.74, 6) is 0. The molecule has 0 amide bonds. The lowest BCUT2D eigenvalue weighted by molar-refractivity contribution is -0.142. The highest BCUT2D eigenvalue weighted by atomic mass is 16.6. The molecule has 3 heteroatoms. The van der Waals surface area contributed by atoms with Crippen molar-refractivity contribution in [3.8, 4) is 0 Å². The van der Waals surface area contributed by atoms with Gasteiger partial charge in [0.2, 0.25) is 0 Å². The third-order valence-corrected chi connectivity index (χ3v) is 3.40. The minimum absolute atomic E-state index is 0.196. The van der Waals surface area contributed by atoms with Crippen molar-refractivity contribution >= 4 is 0 Å². The van der Waals surface area contributed by atoms with Crippen LogP contribution in [0.5, 0.6) is 0 Å². The van der Waals surface area contributed by atoms with E-state index < -0.39 is 0 Å². The van der Waals surface area contributed by atoms with Crippen LogP contribution in [0, 0.1) is 0 Å². The maximum atomic E-state index is 6.17. The Bertz CT molecular complexity index is 174. The first-order valence-electron chi connectivity index (χ1n) is 5.75. The van der Waals surface area contributed by atoms with E-state index in [1.165, 1.54) is 19.3 Å². The molecule has 0 spiro atoms. The summed E-state index contributed by atoms with van der Waals surface area (Å²) >= 11 is 0. The van der Waals surface area contributed by atoms with Gasteiger partial charge in [0.05, 0.1) is 18.3 Å². The van der Waals surface area contributed by atoms with E-state index in [0.29, 0.717) is 6.10 Å². The van der Waals surface area contributed by atoms with Crippen LogP contribution in [-0.2, 0) is 9.47 Å². The maximum absolute atomic E-state index is 6.17. The molecule has 0 bridgehead atoms. The Labute approximate surface area is 86.2 Å². The molecule has 0 aromatic carbocycles. The zero-order valence-electron chi connectivity index (χ0n) is 9.05. The van der Waals surface area contributed by atoms with Gasteiger partial charge in [-0.2, -0.15) is 0 Å². The minimum Gasteiger partial charge on any atom is -0.379 e. The van der Waals surface area contributed by atoms with E-state index in [4.69, 9.17) is 9.47 Å². The molecule has 0 radical (unpaired) electrons. The fourth-order valence-electron chi connectivity index (χ4n) is 2.31. The van der Waals surface area contributed by atoms with Gasteiger partial charge in [-0.3, -0.25) is 0 Å². The Balaban J connectivity index is 1.78. The van der Waals surface area contributed by atoms with Crippen molar-refractivity contribution in [2.75, 3.05) is 26.8 Å². The molecule has 0 aromatic heterocycles. The van der Waals surface area contributed by atoms with Crippen LogP contribution in [0.3, 0.4) is 0 Å². The van der Waals surface area contributed by atoms with Gasteiger partial charge in [-0.1, -0.05) is 0 Å². The van der Waals surface area contributed by atoms with Gasteiger partial charge in [0.25, 0.3) is 0 Å². The molecule has 2 fully saturated rings. The Morgan fingerprint density at radius 2 is 2.36 bits per heavy atom. The predicted octanol–water partition coefficient (Wildman–Crippen LogP) is 1.32. The molecule has 0 aromatic rings. The van der Waals surface area contributed by atoms with Crippen LogP contribution in [0.15, 0.2) is 0 Å². The van der Waals surface area contributed by atoms with Crippen LogP contribution in [0.25, 0.3) is 0 Å². The Morgan fingerprint density at radius 3 is 2.86 bits per heavy atom. The van der Waals surface area contributed by atoms with Gasteiger partial charge in [-0.25, -0.2) is 0 Å². The summed E-state index contributed by atoms with van der Waals surface area (Å²) in [6.07, 6.45) is 6.42. The molecule has 1 aliphatic carbocycles. The standard InChI is InChI=1S/C11H21NO2/c1-12-7-6-11(4-2-5-11)14-10-3-8-13-9-10/h10,12H,2-9H2,1H3. The summed E-state index contributed by atoms with van der Waals surface area (Å²) in [7, 11) is 2.01. The van der Waals surface area contributed by atoms with Crippen molar-refractivity contribution in [2.24, 2.45) is 0 Å². The molecule has 14 heavy (non-hydrogen) atoms. The quantitative estimate of drug-likeness (QED) is 0.724. The number of hydrogen-bond donors (Lipinski definition) is 1. The first-order valence-corrected chi connectivity index (χ1v) is 5.75. The summed E-state index contributed by atoms with van der Waals surface area (Å²) in [6.45, 7) is 2.75. The van der Waals surface area contributed by atoms with Gasteiger partial charge >= 0.3 is 0 Å². The van der Waals surface area contributed by atoms with Crippen LogP contribution in [0.4, 0.5) is 0 Å². The molecule has 1 N–H and O–H groups in total. The van der Waals surface area contributed by atoms with Crippen molar-refractivity contribution in [1.82, 2.24) is 5.32 Å². The van der Waals surface area contributed by atoms with E-state index in [0.717, 1.165) is 32.6 Å². The summed E-state index contributed by atoms with van der Waals surface area (Å²) in [5.41, 5.74) is 0.196. The zero-order valence-corrected chi connectivity index (χ0v) is 9.05. The minimum atomic E-state index is 0.196. The fraction of sp³-hybridized carbons (Fsp3) is 1.00. The van der Waals surface area contributed by atoms with Gasteiger partial charge in [0.1, 0.15) is 0 Å². The largest absolute Gasteiger partial charge is 0.379 e. The average Bonchev–Trinajstić information content (AvgIpc) is 2.62. The Kier molecular flexibility index (Phi) is 3.42. The molecular formula is C11H21NO2. The second-order valence-corrected chi connectivity index (χ2v) is 4.49. The van der Waals surface area contributed by atoms with E-state index in [-0.39, 0.29) is 5.60 Å². The lowest BCUT2D eigenvalue weighted by Gasteiger charge is -2.43. The average molecular weight is 199 g/mol. The van der Waals surface area contributed by atoms with Crippen molar-refractivity contribution in [2.45, 2.75) is 43.8 Å². The summed E-state index contributed by atoms with van der Waals surface area (Å²) in [5, 5.41) is 3.21. The molecule has 2 aliphatic rings. The molecule has 1 saturated carbocycles. The lowest BCUT2D eigenvalue weighted by Crippen LogP contribution is -2.45. The topological polar surface area (TPSA) is 30.5 Å². The van der Waals surface area contributed by atoms with Crippen LogP contribution >= 0.6 is 0 Å². The second-order valence-electron chi connectivity index (χ2n) is 4.49. The summed E-state index contributed by atoms with van der Waals surface area (Å²) in [6, 6.07) is 0. The van der Waals surface area contributed by atoms with Crippen molar-refractivity contribution in [3.63, 3.8) is 0 Å². The van der Waals surface area contributed by atoms with Gasteiger partial charge in [0.15, 0.2) is 0 Å². The fourth-order valence-corrected chi connectivity index (χ4v) is 2.31. The van der Waals surface area contributed by atoms with Crippen molar-refractivity contribution in [1.29, 1.82) is 0 Å². The summed E-state index contributed by atoms with van der Waals surface area (Å²) < 4.78 is 11.5. The van der Waals surface area contributed by atoms with Gasteiger partial charge in [-0.05, 0) is 45.7 Å². The number of ether oxygens (including phenoxy) is 2. The van der Waals surface area contributed by atoms with Crippen molar-refractivity contribution < 1.29 is 9.47 Å². The molecule has 1 aliphatic heterocycles. The van der Waals surface area contributed by atoms with Gasteiger partial charge in [0, 0.05) is 6.61 Å². The highest BCUT2D eigenvalue weighted by Crippen LogP contribution is 2.40. The number of hydrogen-bond acceptors (Lipinski definition) is 3. The normalized spacial score (nSPS) is 30.2. The Morgan fingerprint density at radius 1 is 1.50 bits per heavy atom. The Hall–Kier alpha value is -0.120.